The molecule has 2 atom stereocenters. The van der Waals surface area contributed by atoms with Crippen LogP contribution in [-0.2, 0) is 6.42 Å². The summed E-state index contributed by atoms with van der Waals surface area (Å²) in [6, 6.07) is 7.16. The smallest absolute Gasteiger partial charge is 0.207 e. The lowest BCUT2D eigenvalue weighted by atomic mass is 9.86. The second-order valence-corrected chi connectivity index (χ2v) is 6.18. The minimum absolute atomic E-state index is 0.0108. The van der Waals surface area contributed by atoms with E-state index in [0.29, 0.717) is 11.3 Å². The Labute approximate surface area is 145 Å². The zero-order chi connectivity index (χ0) is 18.3. The maximum atomic E-state index is 12.9. The SMILES string of the molecule is COc1ccc(C[C@H]2C(=O)c3c(O)c(C)c(O)c(C)c3O[C@H]2O)cc1. The molecule has 6 heteroatoms. The number of benzene rings is 2. The molecule has 1 aliphatic heterocycles. The number of phenolic OH excluding ortho intramolecular Hbond substituents is 2. The molecule has 0 aromatic heterocycles. The first-order chi connectivity index (χ1) is 11.8. The van der Waals surface area contributed by atoms with E-state index in [1.165, 1.54) is 6.92 Å². The first-order valence-corrected chi connectivity index (χ1v) is 7.92. The number of aromatic hydroxyl groups is 2. The number of ether oxygens (including phenoxy) is 2. The van der Waals surface area contributed by atoms with E-state index in [2.05, 4.69) is 0 Å². The van der Waals surface area contributed by atoms with Crippen molar-refractivity contribution in [1.82, 2.24) is 0 Å². The van der Waals surface area contributed by atoms with Gasteiger partial charge >= 0.3 is 0 Å². The largest absolute Gasteiger partial charge is 0.507 e. The lowest BCUT2D eigenvalue weighted by Crippen LogP contribution is -2.39. The van der Waals surface area contributed by atoms with Crippen LogP contribution in [0.3, 0.4) is 0 Å². The topological polar surface area (TPSA) is 96.2 Å². The fourth-order valence-electron chi connectivity index (χ4n) is 3.09. The van der Waals surface area contributed by atoms with Crippen molar-refractivity contribution < 1.29 is 29.6 Å². The highest BCUT2D eigenvalue weighted by Crippen LogP contribution is 2.46. The normalized spacial score (nSPS) is 19.3. The standard InChI is InChI=1S/C19H20O6/c1-9-15(20)10(2)18-14(16(9)21)17(22)13(19(23)25-18)8-11-4-6-12(24-3)7-5-11/h4-7,13,19-21,23H,8H2,1-3H3/t13-,19+/m0/s1. The molecule has 0 radical (unpaired) electrons. The van der Waals surface area contributed by atoms with Crippen molar-refractivity contribution in [1.29, 1.82) is 0 Å². The third kappa shape index (κ3) is 2.78. The Bertz CT molecular complexity index is 825. The molecule has 3 rings (SSSR count). The Morgan fingerprint density at radius 1 is 1.08 bits per heavy atom. The number of carbonyl (C=O) groups is 1. The molecule has 25 heavy (non-hydrogen) atoms. The molecular formula is C19H20O6. The van der Waals surface area contributed by atoms with Gasteiger partial charge in [0.05, 0.1) is 13.0 Å². The molecule has 2 aromatic carbocycles. The second kappa shape index (κ2) is 6.29. The van der Waals surface area contributed by atoms with E-state index in [4.69, 9.17) is 9.47 Å². The van der Waals surface area contributed by atoms with Crippen molar-refractivity contribution >= 4 is 5.78 Å². The van der Waals surface area contributed by atoms with E-state index in [1.54, 1.807) is 26.2 Å². The number of carbonyl (C=O) groups excluding carboxylic acids is 1. The highest BCUT2D eigenvalue weighted by atomic mass is 16.6. The Kier molecular flexibility index (Phi) is 4.30. The van der Waals surface area contributed by atoms with Gasteiger partial charge in [0.2, 0.25) is 6.29 Å². The maximum Gasteiger partial charge on any atom is 0.207 e. The lowest BCUT2D eigenvalue weighted by Gasteiger charge is -2.31. The van der Waals surface area contributed by atoms with Crippen LogP contribution in [0.4, 0.5) is 0 Å². The van der Waals surface area contributed by atoms with Gasteiger partial charge in [0.1, 0.15) is 28.6 Å². The lowest BCUT2D eigenvalue weighted by molar-refractivity contribution is -0.0598. The summed E-state index contributed by atoms with van der Waals surface area (Å²) >= 11 is 0. The quantitative estimate of drug-likeness (QED) is 0.792. The summed E-state index contributed by atoms with van der Waals surface area (Å²) in [6.45, 7) is 3.10. The Hall–Kier alpha value is -2.73. The summed E-state index contributed by atoms with van der Waals surface area (Å²) in [5.74, 6) is -0.993. The van der Waals surface area contributed by atoms with Crippen molar-refractivity contribution in [2.24, 2.45) is 5.92 Å². The number of rotatable bonds is 3. The van der Waals surface area contributed by atoms with Crippen LogP contribution >= 0.6 is 0 Å². The Morgan fingerprint density at radius 2 is 1.72 bits per heavy atom. The van der Waals surface area contributed by atoms with E-state index in [1.807, 2.05) is 12.1 Å². The average Bonchev–Trinajstić information content (AvgIpc) is 2.61. The van der Waals surface area contributed by atoms with Gasteiger partial charge in [-0.1, -0.05) is 12.1 Å². The summed E-state index contributed by atoms with van der Waals surface area (Å²) in [4.78, 5) is 12.9. The summed E-state index contributed by atoms with van der Waals surface area (Å²) in [6.07, 6.45) is -1.11. The van der Waals surface area contributed by atoms with E-state index < -0.39 is 18.0 Å². The van der Waals surface area contributed by atoms with Gasteiger partial charge in [-0.2, -0.15) is 0 Å². The molecule has 132 valence electrons. The van der Waals surface area contributed by atoms with Crippen LogP contribution in [0.2, 0.25) is 0 Å². The van der Waals surface area contributed by atoms with Gasteiger partial charge < -0.3 is 24.8 Å². The second-order valence-electron chi connectivity index (χ2n) is 6.18. The molecule has 0 spiro atoms. The number of aliphatic hydroxyl groups is 1. The van der Waals surface area contributed by atoms with Gasteiger partial charge in [0.25, 0.3) is 0 Å². The number of fused-ring (bicyclic) bond motifs is 1. The molecule has 1 heterocycles. The third-order valence-corrected chi connectivity index (χ3v) is 4.65. The third-order valence-electron chi connectivity index (χ3n) is 4.65. The summed E-state index contributed by atoms with van der Waals surface area (Å²) in [5.41, 5.74) is 1.38. The molecule has 2 aromatic rings. The van der Waals surface area contributed by atoms with E-state index >= 15 is 0 Å². The van der Waals surface area contributed by atoms with Crippen molar-refractivity contribution in [3.63, 3.8) is 0 Å². The van der Waals surface area contributed by atoms with Crippen molar-refractivity contribution in [3.05, 3.63) is 46.5 Å². The molecule has 0 unspecified atom stereocenters. The zero-order valence-corrected chi connectivity index (χ0v) is 14.2. The van der Waals surface area contributed by atoms with Crippen LogP contribution in [0.25, 0.3) is 0 Å². The number of hydrogen-bond donors (Lipinski definition) is 3. The summed E-state index contributed by atoms with van der Waals surface area (Å²) < 4.78 is 10.6. The first-order valence-electron chi connectivity index (χ1n) is 7.92. The van der Waals surface area contributed by atoms with Crippen LogP contribution in [-0.4, -0.2) is 34.5 Å². The molecule has 1 aliphatic rings. The van der Waals surface area contributed by atoms with Crippen molar-refractivity contribution in [3.8, 4) is 23.0 Å². The zero-order valence-electron chi connectivity index (χ0n) is 14.2. The predicted molar refractivity (Wildman–Crippen MR) is 90.4 cm³/mol. The summed E-state index contributed by atoms with van der Waals surface area (Å²) in [5, 5.41) is 30.6. The highest BCUT2D eigenvalue weighted by Gasteiger charge is 2.40. The van der Waals surface area contributed by atoms with Crippen LogP contribution in [0.5, 0.6) is 23.0 Å². The minimum atomic E-state index is -1.36. The van der Waals surface area contributed by atoms with Crippen LogP contribution in [0.1, 0.15) is 27.0 Å². The molecule has 0 saturated heterocycles. The van der Waals surface area contributed by atoms with E-state index in [-0.39, 0.29) is 34.8 Å². The molecular weight excluding hydrogens is 324 g/mol. The van der Waals surface area contributed by atoms with Gasteiger partial charge in [0, 0.05) is 11.1 Å². The number of phenols is 2. The molecule has 6 nitrogen and oxygen atoms in total. The molecule has 0 saturated carbocycles. The number of Topliss-reactive ketones (excluding diaryl/α,β-unsaturated/α-hetero) is 1. The van der Waals surface area contributed by atoms with Gasteiger partial charge in [-0.05, 0) is 38.0 Å². The molecule has 0 fully saturated rings. The fraction of sp³-hybridized carbons (Fsp3) is 0.316. The highest BCUT2D eigenvalue weighted by molar-refractivity contribution is 6.05. The van der Waals surface area contributed by atoms with Gasteiger partial charge in [0.15, 0.2) is 5.78 Å². The van der Waals surface area contributed by atoms with Gasteiger partial charge in [-0.3, -0.25) is 4.79 Å². The number of ketones is 1. The number of methoxy groups -OCH3 is 1. The Morgan fingerprint density at radius 3 is 2.32 bits per heavy atom. The van der Waals surface area contributed by atoms with Crippen LogP contribution < -0.4 is 9.47 Å². The monoisotopic (exact) mass is 344 g/mol. The number of hydrogen-bond acceptors (Lipinski definition) is 6. The summed E-state index contributed by atoms with van der Waals surface area (Å²) in [7, 11) is 1.57. The van der Waals surface area contributed by atoms with Crippen LogP contribution in [0, 0.1) is 19.8 Å². The fourth-order valence-corrected chi connectivity index (χ4v) is 3.09. The predicted octanol–water partition coefficient (Wildman–Crippen LogP) is 2.48. The average molecular weight is 344 g/mol. The van der Waals surface area contributed by atoms with Gasteiger partial charge in [-0.25, -0.2) is 0 Å². The van der Waals surface area contributed by atoms with Crippen LogP contribution in [0.15, 0.2) is 24.3 Å². The Balaban J connectivity index is 1.98. The van der Waals surface area contributed by atoms with E-state index in [0.717, 1.165) is 5.56 Å². The first kappa shape index (κ1) is 17.1. The molecule has 0 amide bonds. The van der Waals surface area contributed by atoms with Crippen molar-refractivity contribution in [2.75, 3.05) is 7.11 Å². The van der Waals surface area contributed by atoms with E-state index in [9.17, 15) is 20.1 Å². The minimum Gasteiger partial charge on any atom is -0.507 e. The number of aliphatic hydroxyl groups excluding tert-OH is 1. The van der Waals surface area contributed by atoms with Crippen molar-refractivity contribution in [2.45, 2.75) is 26.6 Å². The molecule has 0 bridgehead atoms. The van der Waals surface area contributed by atoms with Gasteiger partial charge in [-0.15, -0.1) is 0 Å². The molecule has 3 N–H and O–H groups in total. The molecule has 0 aliphatic carbocycles. The maximum absolute atomic E-state index is 12.9.